The minimum Gasteiger partial charge on any atom is -0.493 e. The van der Waals surface area contributed by atoms with Crippen molar-refractivity contribution in [3.8, 4) is 5.75 Å². The summed E-state index contributed by atoms with van der Waals surface area (Å²) in [6, 6.07) is 11.6. The second kappa shape index (κ2) is 9.90. The largest absolute Gasteiger partial charge is 0.493 e. The van der Waals surface area contributed by atoms with E-state index in [9.17, 15) is 4.79 Å². The number of aromatic nitrogens is 1. The van der Waals surface area contributed by atoms with E-state index in [-0.39, 0.29) is 24.1 Å². The molecule has 1 amide bonds. The molecule has 2 heterocycles. The van der Waals surface area contributed by atoms with E-state index >= 15 is 0 Å². The van der Waals surface area contributed by atoms with Crippen molar-refractivity contribution in [1.29, 1.82) is 0 Å². The van der Waals surface area contributed by atoms with Crippen LogP contribution >= 0.6 is 23.7 Å². The zero-order chi connectivity index (χ0) is 22.1. The number of halogens is 1. The zero-order valence-electron chi connectivity index (χ0n) is 19.0. The number of carbonyl (C=O) groups is 1. The van der Waals surface area contributed by atoms with E-state index in [2.05, 4.69) is 30.9 Å². The van der Waals surface area contributed by atoms with Crippen LogP contribution in [0.5, 0.6) is 5.75 Å². The van der Waals surface area contributed by atoms with Crippen LogP contribution in [-0.2, 0) is 0 Å². The molecule has 32 heavy (non-hydrogen) atoms. The zero-order valence-corrected chi connectivity index (χ0v) is 20.6. The first kappa shape index (κ1) is 24.0. The maximum atomic E-state index is 13.6. The van der Waals surface area contributed by atoms with Gasteiger partial charge in [-0.1, -0.05) is 29.5 Å². The number of thiazole rings is 1. The Labute approximate surface area is 198 Å². The van der Waals surface area contributed by atoms with Crippen molar-refractivity contribution >= 4 is 56.0 Å². The Morgan fingerprint density at radius 3 is 2.66 bits per heavy atom. The highest BCUT2D eigenvalue weighted by Crippen LogP contribution is 2.34. The summed E-state index contributed by atoms with van der Waals surface area (Å²) in [6.07, 6.45) is 0.830. The molecular formula is C24H28ClN3O3S. The van der Waals surface area contributed by atoms with Crippen LogP contribution in [0.15, 0.2) is 40.8 Å². The number of aryl methyl sites for hydroxylation is 2. The second-order valence-corrected chi connectivity index (χ2v) is 9.01. The molecule has 0 radical (unpaired) electrons. The second-order valence-electron chi connectivity index (χ2n) is 8.03. The molecule has 6 nitrogen and oxygen atoms in total. The van der Waals surface area contributed by atoms with Gasteiger partial charge < -0.3 is 14.1 Å². The molecule has 0 N–H and O–H groups in total. The maximum Gasteiger partial charge on any atom is 0.295 e. The molecule has 0 bridgehead atoms. The summed E-state index contributed by atoms with van der Waals surface area (Å²) < 4.78 is 12.4. The van der Waals surface area contributed by atoms with Crippen molar-refractivity contribution in [1.82, 2.24) is 9.88 Å². The number of furan rings is 1. The average Bonchev–Trinajstić information content (AvgIpc) is 3.34. The van der Waals surface area contributed by atoms with Gasteiger partial charge in [0.25, 0.3) is 5.91 Å². The van der Waals surface area contributed by atoms with E-state index in [0.29, 0.717) is 23.0 Å². The third-order valence-electron chi connectivity index (χ3n) is 5.21. The number of hydrogen-bond donors (Lipinski definition) is 0. The SMILES string of the molecule is COc1cccc2cc(C(=O)N(CCCN(C)C)c3nc4cc(C)cc(C)c4s3)oc12.Cl. The minimum atomic E-state index is -0.189. The molecule has 0 fully saturated rings. The molecule has 4 rings (SSSR count). The van der Waals surface area contributed by atoms with E-state index < -0.39 is 0 Å². The fraction of sp³-hybridized carbons (Fsp3) is 0.333. The molecule has 0 aliphatic rings. The van der Waals surface area contributed by atoms with Crippen molar-refractivity contribution in [2.24, 2.45) is 0 Å². The highest BCUT2D eigenvalue weighted by Gasteiger charge is 2.25. The Hall–Kier alpha value is -2.61. The van der Waals surface area contributed by atoms with Crippen LogP contribution in [0.4, 0.5) is 5.13 Å². The number of amides is 1. The normalized spacial score (nSPS) is 11.2. The molecule has 0 saturated heterocycles. The Balaban J connectivity index is 0.00000289. The van der Waals surface area contributed by atoms with Gasteiger partial charge in [-0.3, -0.25) is 9.69 Å². The molecule has 0 aliphatic carbocycles. The number of carbonyl (C=O) groups excluding carboxylic acids is 1. The van der Waals surface area contributed by atoms with Crippen LogP contribution in [0.1, 0.15) is 28.1 Å². The predicted molar refractivity (Wildman–Crippen MR) is 134 cm³/mol. The molecule has 0 atom stereocenters. The minimum absolute atomic E-state index is 0. The Bertz CT molecular complexity index is 1250. The quantitative estimate of drug-likeness (QED) is 0.345. The van der Waals surface area contributed by atoms with E-state index in [4.69, 9.17) is 14.1 Å². The number of ether oxygens (including phenoxy) is 1. The summed E-state index contributed by atoms with van der Waals surface area (Å²) in [5.41, 5.74) is 3.84. The molecule has 0 aliphatic heterocycles. The average molecular weight is 474 g/mol. The van der Waals surface area contributed by atoms with Crippen LogP contribution < -0.4 is 9.64 Å². The van der Waals surface area contributed by atoms with Crippen molar-refractivity contribution in [2.45, 2.75) is 20.3 Å². The first-order chi connectivity index (χ1) is 14.9. The van der Waals surface area contributed by atoms with Crippen LogP contribution in [0.3, 0.4) is 0 Å². The van der Waals surface area contributed by atoms with Gasteiger partial charge in [-0.2, -0.15) is 0 Å². The first-order valence-corrected chi connectivity index (χ1v) is 11.1. The fourth-order valence-corrected chi connectivity index (χ4v) is 4.78. The van der Waals surface area contributed by atoms with Crippen molar-refractivity contribution in [2.75, 3.05) is 39.2 Å². The summed E-state index contributed by atoms with van der Waals surface area (Å²) in [5, 5.41) is 1.53. The van der Waals surface area contributed by atoms with Gasteiger partial charge in [-0.05, 0) is 70.2 Å². The van der Waals surface area contributed by atoms with E-state index in [1.807, 2.05) is 32.3 Å². The van der Waals surface area contributed by atoms with Gasteiger partial charge in [0, 0.05) is 11.9 Å². The Morgan fingerprint density at radius 2 is 1.94 bits per heavy atom. The molecular weight excluding hydrogens is 446 g/mol. The number of hydrogen-bond acceptors (Lipinski definition) is 6. The van der Waals surface area contributed by atoms with E-state index in [1.54, 1.807) is 29.4 Å². The molecule has 4 aromatic rings. The molecule has 0 saturated carbocycles. The van der Waals surface area contributed by atoms with Gasteiger partial charge in [0.05, 0.1) is 17.3 Å². The summed E-state index contributed by atoms with van der Waals surface area (Å²) in [7, 11) is 5.65. The van der Waals surface area contributed by atoms with Gasteiger partial charge in [0.2, 0.25) is 0 Å². The predicted octanol–water partition coefficient (Wildman–Crippen LogP) is 5.69. The number of para-hydroxylation sites is 1. The monoisotopic (exact) mass is 473 g/mol. The first-order valence-electron chi connectivity index (χ1n) is 10.3. The van der Waals surface area contributed by atoms with Crippen LogP contribution in [0.2, 0.25) is 0 Å². The lowest BCUT2D eigenvalue weighted by Gasteiger charge is -2.19. The molecule has 0 spiro atoms. The van der Waals surface area contributed by atoms with Crippen molar-refractivity contribution in [3.05, 3.63) is 53.3 Å². The smallest absolute Gasteiger partial charge is 0.295 e. The number of rotatable bonds is 7. The molecule has 0 unspecified atom stereocenters. The van der Waals surface area contributed by atoms with E-state index in [1.165, 1.54) is 5.56 Å². The topological polar surface area (TPSA) is 58.8 Å². The lowest BCUT2D eigenvalue weighted by Crippen LogP contribution is -2.33. The number of fused-ring (bicyclic) bond motifs is 2. The lowest BCUT2D eigenvalue weighted by molar-refractivity contribution is 0.0961. The van der Waals surface area contributed by atoms with Gasteiger partial charge in [0.15, 0.2) is 22.2 Å². The summed E-state index contributed by atoms with van der Waals surface area (Å²) >= 11 is 1.55. The summed E-state index contributed by atoms with van der Waals surface area (Å²) in [4.78, 5) is 22.2. The lowest BCUT2D eigenvalue weighted by atomic mass is 10.1. The summed E-state index contributed by atoms with van der Waals surface area (Å²) in [6.45, 7) is 5.58. The summed E-state index contributed by atoms with van der Waals surface area (Å²) in [5.74, 6) is 0.712. The number of benzene rings is 2. The van der Waals surface area contributed by atoms with Gasteiger partial charge in [0.1, 0.15) is 0 Å². The van der Waals surface area contributed by atoms with Crippen LogP contribution in [-0.4, -0.2) is 50.1 Å². The van der Waals surface area contributed by atoms with Gasteiger partial charge in [-0.15, -0.1) is 12.4 Å². The Morgan fingerprint density at radius 1 is 1.16 bits per heavy atom. The van der Waals surface area contributed by atoms with Gasteiger partial charge >= 0.3 is 0 Å². The van der Waals surface area contributed by atoms with Crippen LogP contribution in [0.25, 0.3) is 21.2 Å². The number of methoxy groups -OCH3 is 1. The number of nitrogens with zero attached hydrogens (tertiary/aromatic N) is 3. The third-order valence-corrected chi connectivity index (χ3v) is 6.44. The molecule has 2 aromatic heterocycles. The third kappa shape index (κ3) is 4.75. The molecule has 170 valence electrons. The highest BCUT2D eigenvalue weighted by atomic mass is 35.5. The highest BCUT2D eigenvalue weighted by molar-refractivity contribution is 7.22. The fourth-order valence-electron chi connectivity index (χ4n) is 3.74. The van der Waals surface area contributed by atoms with Crippen LogP contribution in [0, 0.1) is 13.8 Å². The van der Waals surface area contributed by atoms with E-state index in [0.717, 1.165) is 34.1 Å². The Kier molecular flexibility index (Phi) is 7.44. The molecule has 8 heteroatoms. The number of anilines is 1. The maximum absolute atomic E-state index is 13.6. The standard InChI is InChI=1S/C24H27N3O3S.ClH/c1-15-12-16(2)22-18(13-15)25-24(31-22)27(11-7-10-26(3)4)23(28)20-14-17-8-6-9-19(29-5)21(17)30-20;/h6,8-9,12-14H,7,10-11H2,1-5H3;1H. The van der Waals surface area contributed by atoms with Crippen molar-refractivity contribution < 1.29 is 13.9 Å². The molecule has 2 aromatic carbocycles. The van der Waals surface area contributed by atoms with Gasteiger partial charge in [-0.25, -0.2) is 4.98 Å². The van der Waals surface area contributed by atoms with Crippen molar-refractivity contribution in [3.63, 3.8) is 0 Å².